The van der Waals surface area contributed by atoms with Crippen LogP contribution in [0.15, 0.2) is 12.1 Å². The topological polar surface area (TPSA) is 55.2 Å². The molecule has 0 bridgehead atoms. The van der Waals surface area contributed by atoms with Gasteiger partial charge in [0.2, 0.25) is 0 Å². The van der Waals surface area contributed by atoms with Crippen LogP contribution in [0.3, 0.4) is 0 Å². The number of hydrogen-bond acceptors (Lipinski definition) is 3. The molecule has 1 unspecified atom stereocenters. The molecule has 0 aliphatic heterocycles. The molecule has 0 fully saturated rings. The van der Waals surface area contributed by atoms with Gasteiger partial charge in [0.1, 0.15) is 5.69 Å². The lowest BCUT2D eigenvalue weighted by Gasteiger charge is -2.17. The first-order valence-corrected chi connectivity index (χ1v) is 6.65. The van der Waals surface area contributed by atoms with Gasteiger partial charge in [0, 0.05) is 12.1 Å². The van der Waals surface area contributed by atoms with Gasteiger partial charge in [-0.1, -0.05) is 43.5 Å². The predicted molar refractivity (Wildman–Crippen MR) is 75.7 cm³/mol. The highest BCUT2D eigenvalue weighted by atomic mass is 35.5. The van der Waals surface area contributed by atoms with E-state index in [9.17, 15) is 10.1 Å². The lowest BCUT2D eigenvalue weighted by Crippen LogP contribution is -2.18. The molecule has 100 valence electrons. The van der Waals surface area contributed by atoms with Crippen LogP contribution in [0, 0.1) is 10.1 Å². The Morgan fingerprint density at radius 1 is 1.33 bits per heavy atom. The third-order valence-electron chi connectivity index (χ3n) is 2.72. The molecule has 0 aliphatic carbocycles. The SMILES string of the molecule is CCCC(CC)Nc1cc(Cl)c(Cl)cc1[N+](=O)[O-]. The summed E-state index contributed by atoms with van der Waals surface area (Å²) in [6.45, 7) is 4.12. The van der Waals surface area contributed by atoms with Crippen LogP contribution in [0.2, 0.25) is 10.0 Å². The average Bonchev–Trinajstić information content (AvgIpc) is 2.32. The lowest BCUT2D eigenvalue weighted by atomic mass is 10.1. The minimum atomic E-state index is -0.455. The summed E-state index contributed by atoms with van der Waals surface area (Å²) in [6.07, 6.45) is 2.86. The second-order valence-corrected chi connectivity index (χ2v) is 4.89. The molecule has 18 heavy (non-hydrogen) atoms. The number of hydrogen-bond donors (Lipinski definition) is 1. The van der Waals surface area contributed by atoms with Gasteiger partial charge in [-0.2, -0.15) is 0 Å². The third kappa shape index (κ3) is 3.75. The van der Waals surface area contributed by atoms with Crippen molar-refractivity contribution in [3.8, 4) is 0 Å². The third-order valence-corrected chi connectivity index (χ3v) is 3.45. The van der Waals surface area contributed by atoms with Gasteiger partial charge in [0.15, 0.2) is 0 Å². The molecule has 1 rings (SSSR count). The van der Waals surface area contributed by atoms with Crippen molar-refractivity contribution < 1.29 is 4.92 Å². The van der Waals surface area contributed by atoms with Gasteiger partial charge in [-0.05, 0) is 18.9 Å². The minimum Gasteiger partial charge on any atom is -0.377 e. The first-order valence-electron chi connectivity index (χ1n) is 5.89. The van der Waals surface area contributed by atoms with Crippen LogP contribution in [0.1, 0.15) is 33.1 Å². The monoisotopic (exact) mass is 290 g/mol. The van der Waals surface area contributed by atoms with Crippen molar-refractivity contribution in [2.75, 3.05) is 5.32 Å². The van der Waals surface area contributed by atoms with Crippen LogP contribution in [0.25, 0.3) is 0 Å². The van der Waals surface area contributed by atoms with Crippen LogP contribution >= 0.6 is 23.2 Å². The highest BCUT2D eigenvalue weighted by molar-refractivity contribution is 6.42. The largest absolute Gasteiger partial charge is 0.377 e. The standard InChI is InChI=1S/C12H16Cl2N2O2/c1-3-5-8(4-2)15-11-6-9(13)10(14)7-12(11)16(17)18/h6-8,15H,3-5H2,1-2H3. The molecular formula is C12H16Cl2N2O2. The molecule has 0 saturated heterocycles. The molecule has 0 saturated carbocycles. The van der Waals surface area contributed by atoms with Crippen molar-refractivity contribution in [1.82, 2.24) is 0 Å². The molecule has 0 amide bonds. The Labute approximate surface area is 116 Å². The molecule has 0 spiro atoms. The molecule has 1 N–H and O–H groups in total. The number of nitrogens with zero attached hydrogens (tertiary/aromatic N) is 1. The summed E-state index contributed by atoms with van der Waals surface area (Å²) in [4.78, 5) is 10.5. The fraction of sp³-hybridized carbons (Fsp3) is 0.500. The van der Waals surface area contributed by atoms with Crippen LogP contribution < -0.4 is 5.32 Å². The van der Waals surface area contributed by atoms with Crippen molar-refractivity contribution >= 4 is 34.6 Å². The van der Waals surface area contributed by atoms with Crippen molar-refractivity contribution in [2.45, 2.75) is 39.2 Å². The summed E-state index contributed by atoms with van der Waals surface area (Å²) < 4.78 is 0. The van der Waals surface area contributed by atoms with Gasteiger partial charge >= 0.3 is 0 Å². The van der Waals surface area contributed by atoms with E-state index in [1.807, 2.05) is 6.92 Å². The summed E-state index contributed by atoms with van der Waals surface area (Å²) in [5.41, 5.74) is 0.383. The van der Waals surface area contributed by atoms with Gasteiger partial charge in [-0.3, -0.25) is 10.1 Å². The van der Waals surface area contributed by atoms with Crippen LogP contribution in [0.5, 0.6) is 0 Å². The number of nitro benzene ring substituents is 1. The Kier molecular flexibility index (Phi) is 5.69. The number of anilines is 1. The van der Waals surface area contributed by atoms with Gasteiger partial charge in [-0.25, -0.2) is 0 Å². The number of rotatable bonds is 6. The summed E-state index contributed by atoms with van der Waals surface area (Å²) in [5, 5.41) is 14.6. The maximum atomic E-state index is 11.0. The summed E-state index contributed by atoms with van der Waals surface area (Å²) in [7, 11) is 0. The van der Waals surface area contributed by atoms with Gasteiger partial charge in [-0.15, -0.1) is 0 Å². The second kappa shape index (κ2) is 6.81. The Balaban J connectivity index is 3.06. The normalized spacial score (nSPS) is 12.2. The van der Waals surface area contributed by atoms with Crippen LogP contribution in [-0.4, -0.2) is 11.0 Å². The van der Waals surface area contributed by atoms with E-state index >= 15 is 0 Å². The molecular weight excluding hydrogens is 275 g/mol. The Bertz CT molecular complexity index is 438. The number of benzene rings is 1. The van der Waals surface area contributed by atoms with Gasteiger partial charge in [0.05, 0.1) is 15.0 Å². The number of nitrogens with one attached hydrogen (secondary N) is 1. The number of nitro groups is 1. The molecule has 1 atom stereocenters. The van der Waals surface area contributed by atoms with E-state index in [4.69, 9.17) is 23.2 Å². The highest BCUT2D eigenvalue weighted by Crippen LogP contribution is 2.34. The first kappa shape index (κ1) is 15.1. The van der Waals surface area contributed by atoms with E-state index in [1.54, 1.807) is 0 Å². The fourth-order valence-electron chi connectivity index (χ4n) is 1.75. The minimum absolute atomic E-state index is 0.0426. The van der Waals surface area contributed by atoms with E-state index in [0.717, 1.165) is 19.3 Å². The first-order chi connectivity index (χ1) is 8.49. The zero-order valence-electron chi connectivity index (χ0n) is 10.4. The highest BCUT2D eigenvalue weighted by Gasteiger charge is 2.18. The molecule has 1 aromatic carbocycles. The van der Waals surface area contributed by atoms with E-state index in [2.05, 4.69) is 12.2 Å². The molecule has 1 aromatic rings. The molecule has 4 nitrogen and oxygen atoms in total. The zero-order valence-corrected chi connectivity index (χ0v) is 11.9. The Morgan fingerprint density at radius 3 is 2.44 bits per heavy atom. The van der Waals surface area contributed by atoms with Gasteiger partial charge < -0.3 is 5.32 Å². The van der Waals surface area contributed by atoms with Crippen molar-refractivity contribution in [3.63, 3.8) is 0 Å². The summed E-state index contributed by atoms with van der Waals surface area (Å²) in [6, 6.07) is 3.00. The van der Waals surface area contributed by atoms with Crippen molar-refractivity contribution in [3.05, 3.63) is 32.3 Å². The predicted octanol–water partition coefficient (Wildman–Crippen LogP) is 4.89. The zero-order chi connectivity index (χ0) is 13.7. The fourth-order valence-corrected chi connectivity index (χ4v) is 2.07. The molecule has 6 heteroatoms. The molecule has 0 radical (unpaired) electrons. The smallest absolute Gasteiger partial charge is 0.293 e. The van der Waals surface area contributed by atoms with Gasteiger partial charge in [0.25, 0.3) is 5.69 Å². The molecule has 0 aliphatic rings. The lowest BCUT2D eigenvalue weighted by molar-refractivity contribution is -0.384. The van der Waals surface area contributed by atoms with Crippen LogP contribution in [0.4, 0.5) is 11.4 Å². The van der Waals surface area contributed by atoms with Crippen molar-refractivity contribution in [2.24, 2.45) is 0 Å². The summed E-state index contributed by atoms with van der Waals surface area (Å²) in [5.74, 6) is 0. The Morgan fingerprint density at radius 2 is 1.94 bits per heavy atom. The maximum absolute atomic E-state index is 11.0. The molecule has 0 aromatic heterocycles. The Hall–Kier alpha value is -1.00. The quantitative estimate of drug-likeness (QED) is 0.599. The van der Waals surface area contributed by atoms with E-state index in [1.165, 1.54) is 12.1 Å². The summed E-state index contributed by atoms with van der Waals surface area (Å²) >= 11 is 11.7. The molecule has 0 heterocycles. The van der Waals surface area contributed by atoms with E-state index in [-0.39, 0.29) is 16.8 Å². The second-order valence-electron chi connectivity index (χ2n) is 4.08. The maximum Gasteiger partial charge on any atom is 0.293 e. The average molecular weight is 291 g/mol. The van der Waals surface area contributed by atoms with E-state index < -0.39 is 4.92 Å². The van der Waals surface area contributed by atoms with E-state index in [0.29, 0.717) is 10.7 Å². The number of halogens is 2. The van der Waals surface area contributed by atoms with Crippen LogP contribution in [-0.2, 0) is 0 Å². The van der Waals surface area contributed by atoms with Crippen molar-refractivity contribution in [1.29, 1.82) is 0 Å².